The number of methoxy groups -OCH3 is 1. The first-order valence-electron chi connectivity index (χ1n) is 8.86. The van der Waals surface area contributed by atoms with E-state index in [-0.39, 0.29) is 36.6 Å². The summed E-state index contributed by atoms with van der Waals surface area (Å²) in [6.07, 6.45) is 2.53. The number of ether oxygens (including phenoxy) is 1. The SMILES string of the molecule is COC(=O)c1cccc(S(=O)(=O)N(CCCCCCO)CCCS(=O)(=O)O)c1. The molecule has 1 aromatic rings. The van der Waals surface area contributed by atoms with Crippen LogP contribution in [0.2, 0.25) is 0 Å². The summed E-state index contributed by atoms with van der Waals surface area (Å²) in [5, 5.41) is 8.81. The summed E-state index contributed by atoms with van der Waals surface area (Å²) in [4.78, 5) is 11.6. The molecule has 160 valence electrons. The molecule has 0 amide bonds. The van der Waals surface area contributed by atoms with Gasteiger partial charge in [-0.25, -0.2) is 13.2 Å². The van der Waals surface area contributed by atoms with Crippen LogP contribution >= 0.6 is 0 Å². The Kier molecular flexibility index (Phi) is 10.0. The molecular formula is C17H27NO8S2. The third-order valence-corrected chi connectivity index (χ3v) is 6.72. The topological polar surface area (TPSA) is 138 Å². The van der Waals surface area contributed by atoms with Crippen LogP contribution in [-0.2, 0) is 24.9 Å². The predicted octanol–water partition coefficient (Wildman–Crippen LogP) is 1.29. The predicted molar refractivity (Wildman–Crippen MR) is 103 cm³/mol. The largest absolute Gasteiger partial charge is 0.465 e. The van der Waals surface area contributed by atoms with Crippen LogP contribution in [0.25, 0.3) is 0 Å². The molecule has 0 spiro atoms. The van der Waals surface area contributed by atoms with E-state index in [4.69, 9.17) is 9.66 Å². The highest BCUT2D eigenvalue weighted by Crippen LogP contribution is 2.19. The number of benzene rings is 1. The molecule has 0 fully saturated rings. The van der Waals surface area contributed by atoms with Crippen molar-refractivity contribution in [3.05, 3.63) is 29.8 Å². The van der Waals surface area contributed by atoms with Crippen LogP contribution in [0.15, 0.2) is 29.2 Å². The molecule has 2 N–H and O–H groups in total. The Morgan fingerprint density at radius 1 is 1.04 bits per heavy atom. The number of aliphatic hydroxyl groups excluding tert-OH is 1. The second kappa shape index (κ2) is 11.5. The van der Waals surface area contributed by atoms with Crippen molar-refractivity contribution < 1.29 is 36.0 Å². The van der Waals surface area contributed by atoms with Crippen molar-refractivity contribution in [2.75, 3.05) is 32.6 Å². The van der Waals surface area contributed by atoms with E-state index in [0.29, 0.717) is 19.3 Å². The lowest BCUT2D eigenvalue weighted by molar-refractivity contribution is 0.0600. The zero-order valence-corrected chi connectivity index (χ0v) is 17.4. The second-order valence-corrected chi connectivity index (χ2v) is 9.71. The van der Waals surface area contributed by atoms with Crippen LogP contribution < -0.4 is 0 Å². The fourth-order valence-corrected chi connectivity index (χ4v) is 4.64. The van der Waals surface area contributed by atoms with Crippen molar-refractivity contribution in [3.63, 3.8) is 0 Å². The van der Waals surface area contributed by atoms with Crippen LogP contribution in [0.3, 0.4) is 0 Å². The Morgan fingerprint density at radius 2 is 1.68 bits per heavy atom. The number of aliphatic hydroxyl groups is 1. The second-order valence-electron chi connectivity index (χ2n) is 6.20. The van der Waals surface area contributed by atoms with Crippen molar-refractivity contribution in [1.29, 1.82) is 0 Å². The van der Waals surface area contributed by atoms with Crippen LogP contribution in [0, 0.1) is 0 Å². The molecule has 0 atom stereocenters. The van der Waals surface area contributed by atoms with Crippen molar-refractivity contribution >= 4 is 26.1 Å². The first kappa shape index (κ1) is 24.5. The van der Waals surface area contributed by atoms with Crippen molar-refractivity contribution in [3.8, 4) is 0 Å². The highest BCUT2D eigenvalue weighted by molar-refractivity contribution is 7.89. The first-order valence-corrected chi connectivity index (χ1v) is 11.9. The van der Waals surface area contributed by atoms with Gasteiger partial charge in [0.05, 0.1) is 23.3 Å². The standard InChI is InChI=1S/C17H27NO8S2/c1-26-17(20)15-8-6-9-16(14-15)28(24,25)18(10-4-2-3-5-12-19)11-7-13-27(21,22)23/h6,8-9,14,19H,2-5,7,10-13H2,1H3,(H,21,22,23). The molecule has 0 unspecified atom stereocenters. The Labute approximate surface area is 166 Å². The summed E-state index contributed by atoms with van der Waals surface area (Å²) in [6, 6.07) is 5.42. The summed E-state index contributed by atoms with van der Waals surface area (Å²) in [6.45, 7) is 0.128. The highest BCUT2D eigenvalue weighted by atomic mass is 32.2. The number of unbranched alkanes of at least 4 members (excludes halogenated alkanes) is 3. The van der Waals surface area contributed by atoms with E-state index in [9.17, 15) is 21.6 Å². The Balaban J connectivity index is 2.99. The van der Waals surface area contributed by atoms with Crippen LogP contribution in [0.4, 0.5) is 0 Å². The Bertz CT molecular complexity index is 836. The molecule has 0 aliphatic carbocycles. The smallest absolute Gasteiger partial charge is 0.337 e. The number of hydrogen-bond acceptors (Lipinski definition) is 7. The third kappa shape index (κ3) is 8.23. The molecule has 0 aromatic heterocycles. The van der Waals surface area contributed by atoms with Crippen LogP contribution in [-0.4, -0.2) is 69.3 Å². The normalized spacial score (nSPS) is 12.3. The maximum atomic E-state index is 13.0. The number of hydrogen-bond donors (Lipinski definition) is 2. The molecule has 0 aliphatic rings. The average molecular weight is 438 g/mol. The van der Waals surface area contributed by atoms with Gasteiger partial charge in [0.1, 0.15) is 0 Å². The monoisotopic (exact) mass is 437 g/mol. The molecule has 9 nitrogen and oxygen atoms in total. The maximum Gasteiger partial charge on any atom is 0.337 e. The van der Waals surface area contributed by atoms with Gasteiger partial charge >= 0.3 is 5.97 Å². The molecule has 0 heterocycles. The quantitative estimate of drug-likeness (QED) is 0.267. The minimum Gasteiger partial charge on any atom is -0.465 e. The number of esters is 1. The summed E-state index contributed by atoms with van der Waals surface area (Å²) in [5.41, 5.74) is 0.0874. The molecule has 1 rings (SSSR count). The molecule has 0 aliphatic heterocycles. The number of rotatable bonds is 13. The lowest BCUT2D eigenvalue weighted by Gasteiger charge is -2.22. The van der Waals surface area contributed by atoms with Gasteiger partial charge in [-0.1, -0.05) is 18.9 Å². The van der Waals surface area contributed by atoms with Gasteiger partial charge in [-0.15, -0.1) is 0 Å². The van der Waals surface area contributed by atoms with Gasteiger partial charge in [0, 0.05) is 19.7 Å². The number of nitrogens with zero attached hydrogens (tertiary/aromatic N) is 1. The van der Waals surface area contributed by atoms with Crippen molar-refractivity contribution in [1.82, 2.24) is 4.31 Å². The number of carbonyl (C=O) groups is 1. The van der Waals surface area contributed by atoms with Gasteiger partial charge in [0.15, 0.2) is 0 Å². The number of carbonyl (C=O) groups excluding carboxylic acids is 1. The summed E-state index contributed by atoms with van der Waals surface area (Å²) >= 11 is 0. The Morgan fingerprint density at radius 3 is 2.29 bits per heavy atom. The zero-order valence-electron chi connectivity index (χ0n) is 15.8. The van der Waals surface area contributed by atoms with Crippen molar-refractivity contribution in [2.45, 2.75) is 37.0 Å². The summed E-state index contributed by atoms with van der Waals surface area (Å²) in [5.74, 6) is -1.22. The molecule has 28 heavy (non-hydrogen) atoms. The summed E-state index contributed by atoms with van der Waals surface area (Å²) < 4.78 is 62.5. The fourth-order valence-electron chi connectivity index (χ4n) is 2.58. The van der Waals surface area contributed by atoms with Crippen molar-refractivity contribution in [2.24, 2.45) is 0 Å². The Hall–Kier alpha value is -1.53. The van der Waals surface area contributed by atoms with Gasteiger partial charge in [-0.05, 0) is 37.5 Å². The van der Waals surface area contributed by atoms with Gasteiger partial charge in [0.25, 0.3) is 10.1 Å². The molecular weight excluding hydrogens is 410 g/mol. The van der Waals surface area contributed by atoms with Gasteiger partial charge < -0.3 is 9.84 Å². The molecule has 0 radical (unpaired) electrons. The molecule has 0 bridgehead atoms. The number of sulfonamides is 1. The first-order chi connectivity index (χ1) is 13.1. The summed E-state index contributed by atoms with van der Waals surface area (Å²) in [7, 11) is -6.98. The lowest BCUT2D eigenvalue weighted by Crippen LogP contribution is -2.34. The molecule has 0 saturated carbocycles. The van der Waals surface area contributed by atoms with E-state index in [2.05, 4.69) is 4.74 Å². The van der Waals surface area contributed by atoms with E-state index >= 15 is 0 Å². The third-order valence-electron chi connectivity index (χ3n) is 4.02. The molecule has 1 aromatic carbocycles. The van der Waals surface area contributed by atoms with E-state index in [1.807, 2.05) is 0 Å². The van der Waals surface area contributed by atoms with E-state index in [1.54, 1.807) is 0 Å². The van der Waals surface area contributed by atoms with E-state index < -0.39 is 31.9 Å². The minimum atomic E-state index is -4.19. The van der Waals surface area contributed by atoms with Crippen LogP contribution in [0.5, 0.6) is 0 Å². The van der Waals surface area contributed by atoms with Crippen LogP contribution in [0.1, 0.15) is 42.5 Å². The van der Waals surface area contributed by atoms with Gasteiger partial charge in [0.2, 0.25) is 10.0 Å². The molecule has 0 saturated heterocycles. The fraction of sp³-hybridized carbons (Fsp3) is 0.588. The average Bonchev–Trinajstić information content (AvgIpc) is 2.64. The van der Waals surface area contributed by atoms with Gasteiger partial charge in [-0.2, -0.15) is 12.7 Å². The van der Waals surface area contributed by atoms with E-state index in [0.717, 1.165) is 10.7 Å². The lowest BCUT2D eigenvalue weighted by atomic mass is 10.2. The van der Waals surface area contributed by atoms with E-state index in [1.165, 1.54) is 31.4 Å². The molecule has 11 heteroatoms. The zero-order chi connectivity index (χ0) is 21.2. The highest BCUT2D eigenvalue weighted by Gasteiger charge is 2.25. The van der Waals surface area contributed by atoms with Gasteiger partial charge in [-0.3, -0.25) is 4.55 Å². The minimum absolute atomic E-state index is 0.0641. The maximum absolute atomic E-state index is 13.0.